The van der Waals surface area contributed by atoms with Crippen LogP contribution in [0.15, 0.2) is 12.4 Å². The van der Waals surface area contributed by atoms with E-state index in [1.807, 2.05) is 6.20 Å². The molecule has 1 aromatic rings. The van der Waals surface area contributed by atoms with E-state index in [1.54, 1.807) is 0 Å². The summed E-state index contributed by atoms with van der Waals surface area (Å²) in [5.74, 6) is 1.99. The number of nitrogens with zero attached hydrogens (tertiary/aromatic N) is 2. The fourth-order valence-corrected chi connectivity index (χ4v) is 4.34. The number of hydrogen-bond donors (Lipinski definition) is 0. The van der Waals surface area contributed by atoms with Crippen LogP contribution in [-0.2, 0) is 0 Å². The van der Waals surface area contributed by atoms with Crippen molar-refractivity contribution in [1.82, 2.24) is 9.55 Å². The molecule has 0 amide bonds. The van der Waals surface area contributed by atoms with Crippen LogP contribution in [0.5, 0.6) is 0 Å². The van der Waals surface area contributed by atoms with E-state index in [2.05, 4.69) is 38.5 Å². The number of aromatic nitrogens is 2. The molecule has 0 saturated heterocycles. The molecule has 1 aromatic heterocycles. The second-order valence-corrected chi connectivity index (χ2v) is 9.16. The lowest BCUT2D eigenvalue weighted by atomic mass is 9.94. The van der Waals surface area contributed by atoms with E-state index < -0.39 is 0 Å². The van der Waals surface area contributed by atoms with Crippen LogP contribution < -0.4 is 0 Å². The summed E-state index contributed by atoms with van der Waals surface area (Å²) in [4.78, 5) is 4.73. The minimum absolute atomic E-state index is 0.522. The van der Waals surface area contributed by atoms with Gasteiger partial charge in [0.15, 0.2) is 0 Å². The average molecular weight is 391 g/mol. The normalized spacial score (nSPS) is 12.8. The Morgan fingerprint density at radius 2 is 1.14 bits per heavy atom. The molecule has 0 saturated carbocycles. The SMILES string of the molecule is CCCCCCCCCCCCCCCC(CCCC)c1nccn1C(C)C. The molecule has 1 heterocycles. The van der Waals surface area contributed by atoms with E-state index in [1.165, 1.54) is 115 Å². The Bertz CT molecular complexity index is 449. The summed E-state index contributed by atoms with van der Waals surface area (Å²) in [5.41, 5.74) is 0. The topological polar surface area (TPSA) is 17.8 Å². The maximum absolute atomic E-state index is 4.73. The molecule has 1 unspecified atom stereocenters. The first-order valence-electron chi connectivity index (χ1n) is 12.7. The average Bonchev–Trinajstić information content (AvgIpc) is 3.18. The Hall–Kier alpha value is -0.790. The summed E-state index contributed by atoms with van der Waals surface area (Å²) in [5, 5.41) is 0. The van der Waals surface area contributed by atoms with E-state index in [4.69, 9.17) is 4.98 Å². The van der Waals surface area contributed by atoms with Gasteiger partial charge in [-0.15, -0.1) is 0 Å². The van der Waals surface area contributed by atoms with Crippen LogP contribution in [0.25, 0.3) is 0 Å². The maximum atomic E-state index is 4.73. The van der Waals surface area contributed by atoms with Crippen LogP contribution >= 0.6 is 0 Å². The van der Waals surface area contributed by atoms with Gasteiger partial charge in [-0.3, -0.25) is 0 Å². The van der Waals surface area contributed by atoms with Crippen LogP contribution in [0.3, 0.4) is 0 Å². The van der Waals surface area contributed by atoms with Crippen molar-refractivity contribution in [3.05, 3.63) is 18.2 Å². The van der Waals surface area contributed by atoms with Crippen molar-refractivity contribution in [2.45, 2.75) is 149 Å². The number of rotatable bonds is 19. The van der Waals surface area contributed by atoms with Crippen LogP contribution in [-0.4, -0.2) is 9.55 Å². The molecule has 0 fully saturated rings. The molecular weight excluding hydrogens is 340 g/mol. The highest BCUT2D eigenvalue weighted by molar-refractivity contribution is 5.02. The molecule has 0 N–H and O–H groups in total. The summed E-state index contributed by atoms with van der Waals surface area (Å²) in [6.07, 6.45) is 28.1. The van der Waals surface area contributed by atoms with Gasteiger partial charge < -0.3 is 4.57 Å². The molecule has 0 aliphatic carbocycles. The van der Waals surface area contributed by atoms with Gasteiger partial charge in [0.25, 0.3) is 0 Å². The van der Waals surface area contributed by atoms with E-state index >= 15 is 0 Å². The van der Waals surface area contributed by atoms with Gasteiger partial charge in [-0.1, -0.05) is 110 Å². The molecule has 0 bridgehead atoms. The fourth-order valence-electron chi connectivity index (χ4n) is 4.34. The standard InChI is InChI=1S/C26H50N2/c1-5-7-9-10-11-12-13-14-15-16-17-18-19-21-25(20-8-6-2)26-27-22-23-28(26)24(3)4/h22-25H,5-21H2,1-4H3. The van der Waals surface area contributed by atoms with Gasteiger partial charge in [-0.25, -0.2) is 4.98 Å². The largest absolute Gasteiger partial charge is 0.332 e. The molecule has 0 aliphatic heterocycles. The molecule has 28 heavy (non-hydrogen) atoms. The van der Waals surface area contributed by atoms with Crippen molar-refractivity contribution >= 4 is 0 Å². The molecule has 0 aliphatic rings. The van der Waals surface area contributed by atoms with Crippen molar-refractivity contribution in [1.29, 1.82) is 0 Å². The van der Waals surface area contributed by atoms with Crippen molar-refractivity contribution in [2.75, 3.05) is 0 Å². The van der Waals surface area contributed by atoms with Crippen LogP contribution in [0, 0.1) is 0 Å². The summed E-state index contributed by atoms with van der Waals surface area (Å²) >= 11 is 0. The highest BCUT2D eigenvalue weighted by Crippen LogP contribution is 2.28. The first kappa shape index (κ1) is 25.2. The molecular formula is C26H50N2. The van der Waals surface area contributed by atoms with Crippen LogP contribution in [0.4, 0.5) is 0 Å². The summed E-state index contributed by atoms with van der Waals surface area (Å²) in [6, 6.07) is 0.522. The Kier molecular flexibility index (Phi) is 15.4. The van der Waals surface area contributed by atoms with Crippen molar-refractivity contribution < 1.29 is 0 Å². The molecule has 164 valence electrons. The summed E-state index contributed by atoms with van der Waals surface area (Å²) < 4.78 is 2.39. The zero-order valence-corrected chi connectivity index (χ0v) is 19.7. The van der Waals surface area contributed by atoms with E-state index in [-0.39, 0.29) is 0 Å². The Morgan fingerprint density at radius 3 is 1.64 bits per heavy atom. The third-order valence-corrected chi connectivity index (χ3v) is 6.18. The highest BCUT2D eigenvalue weighted by Gasteiger charge is 2.17. The van der Waals surface area contributed by atoms with Gasteiger partial charge in [0.1, 0.15) is 5.82 Å². The lowest BCUT2D eigenvalue weighted by Gasteiger charge is -2.20. The molecule has 0 spiro atoms. The smallest absolute Gasteiger partial charge is 0.111 e. The first-order valence-corrected chi connectivity index (χ1v) is 12.7. The lowest BCUT2D eigenvalue weighted by molar-refractivity contribution is 0.450. The van der Waals surface area contributed by atoms with Gasteiger partial charge in [0.2, 0.25) is 0 Å². The van der Waals surface area contributed by atoms with Crippen molar-refractivity contribution in [3.63, 3.8) is 0 Å². The predicted octanol–water partition coefficient (Wildman–Crippen LogP) is 9.22. The number of imidazole rings is 1. The maximum Gasteiger partial charge on any atom is 0.111 e. The van der Waals surface area contributed by atoms with Crippen LogP contribution in [0.2, 0.25) is 0 Å². The van der Waals surface area contributed by atoms with E-state index in [9.17, 15) is 0 Å². The molecule has 1 atom stereocenters. The molecule has 2 heteroatoms. The van der Waals surface area contributed by atoms with Gasteiger partial charge >= 0.3 is 0 Å². The number of unbranched alkanes of at least 4 members (excludes halogenated alkanes) is 13. The predicted molar refractivity (Wildman–Crippen MR) is 125 cm³/mol. The molecule has 0 radical (unpaired) electrons. The Morgan fingerprint density at radius 1 is 0.679 bits per heavy atom. The zero-order chi connectivity index (χ0) is 20.5. The Labute approximate surface area is 176 Å². The van der Waals surface area contributed by atoms with E-state index in [0.717, 1.165) is 0 Å². The molecule has 2 nitrogen and oxygen atoms in total. The quantitative estimate of drug-likeness (QED) is 0.215. The number of hydrogen-bond acceptors (Lipinski definition) is 1. The Balaban J connectivity index is 2.11. The van der Waals surface area contributed by atoms with Crippen molar-refractivity contribution in [3.8, 4) is 0 Å². The van der Waals surface area contributed by atoms with Gasteiger partial charge in [-0.05, 0) is 26.7 Å². The minimum Gasteiger partial charge on any atom is -0.332 e. The monoisotopic (exact) mass is 390 g/mol. The summed E-state index contributed by atoms with van der Waals surface area (Å²) in [7, 11) is 0. The second kappa shape index (κ2) is 17.1. The molecule has 0 aromatic carbocycles. The van der Waals surface area contributed by atoms with Crippen LogP contribution in [0.1, 0.15) is 155 Å². The third-order valence-electron chi connectivity index (χ3n) is 6.18. The highest BCUT2D eigenvalue weighted by atomic mass is 15.1. The zero-order valence-electron chi connectivity index (χ0n) is 19.7. The third kappa shape index (κ3) is 11.3. The molecule has 1 rings (SSSR count). The van der Waals surface area contributed by atoms with Crippen molar-refractivity contribution in [2.24, 2.45) is 0 Å². The lowest BCUT2D eigenvalue weighted by Crippen LogP contribution is -2.11. The van der Waals surface area contributed by atoms with E-state index in [0.29, 0.717) is 12.0 Å². The fraction of sp³-hybridized carbons (Fsp3) is 0.885. The second-order valence-electron chi connectivity index (χ2n) is 9.16. The van der Waals surface area contributed by atoms with Gasteiger partial charge in [-0.2, -0.15) is 0 Å². The van der Waals surface area contributed by atoms with Gasteiger partial charge in [0, 0.05) is 24.4 Å². The van der Waals surface area contributed by atoms with Gasteiger partial charge in [0.05, 0.1) is 0 Å². The first-order chi connectivity index (χ1) is 13.7. The summed E-state index contributed by atoms with van der Waals surface area (Å²) in [6.45, 7) is 9.14. The minimum atomic E-state index is 0.522.